The summed E-state index contributed by atoms with van der Waals surface area (Å²) in [5, 5.41) is 4.11. The molecule has 7 nitrogen and oxygen atoms in total. The second-order valence-electron chi connectivity index (χ2n) is 6.05. The molecule has 0 aliphatic rings. The Morgan fingerprint density at radius 1 is 1.15 bits per heavy atom. The number of carbonyl (C=O) groups excluding carboxylic acids is 1. The lowest BCUT2D eigenvalue weighted by Gasteiger charge is -2.25. The Balaban J connectivity index is 1.62. The van der Waals surface area contributed by atoms with E-state index in [2.05, 4.69) is 10.1 Å². The van der Waals surface area contributed by atoms with Gasteiger partial charge in [0.25, 0.3) is 5.91 Å². The fraction of sp³-hybridized carbons (Fsp3) is 0.250. The Bertz CT molecular complexity index is 879. The van der Waals surface area contributed by atoms with E-state index >= 15 is 0 Å². The van der Waals surface area contributed by atoms with Crippen molar-refractivity contribution in [3.63, 3.8) is 0 Å². The van der Waals surface area contributed by atoms with Gasteiger partial charge in [-0.3, -0.25) is 4.79 Å². The summed E-state index contributed by atoms with van der Waals surface area (Å²) in [6.45, 7) is 1.92. The van der Waals surface area contributed by atoms with Crippen LogP contribution in [0.4, 0.5) is 0 Å². The fourth-order valence-corrected chi connectivity index (χ4v) is 2.67. The van der Waals surface area contributed by atoms with E-state index in [4.69, 9.17) is 9.47 Å². The van der Waals surface area contributed by atoms with Crippen LogP contribution in [0.1, 0.15) is 18.5 Å². The van der Waals surface area contributed by atoms with E-state index < -0.39 is 0 Å². The minimum absolute atomic E-state index is 0.0573. The van der Waals surface area contributed by atoms with Crippen molar-refractivity contribution in [1.82, 2.24) is 19.7 Å². The van der Waals surface area contributed by atoms with Gasteiger partial charge >= 0.3 is 0 Å². The lowest BCUT2D eigenvalue weighted by molar-refractivity contribution is -0.134. The summed E-state index contributed by atoms with van der Waals surface area (Å²) in [7, 11) is 3.34. The third-order valence-corrected chi connectivity index (χ3v) is 4.45. The van der Waals surface area contributed by atoms with Crippen molar-refractivity contribution >= 4 is 5.91 Å². The number of ether oxygens (including phenoxy) is 2. The van der Waals surface area contributed by atoms with Crippen LogP contribution in [0.5, 0.6) is 11.5 Å². The number of likely N-dealkylation sites (N-methyl/N-ethyl adjacent to an activating group) is 1. The minimum Gasteiger partial charge on any atom is -0.493 e. The summed E-state index contributed by atoms with van der Waals surface area (Å²) in [5.74, 6) is 1.03. The van der Waals surface area contributed by atoms with E-state index in [0.29, 0.717) is 11.5 Å². The first-order chi connectivity index (χ1) is 13.1. The first-order valence-electron chi connectivity index (χ1n) is 8.56. The molecule has 0 unspecified atom stereocenters. The SMILES string of the molecule is COc1ccccc1OCC(=O)N(C)[C@@H](C)c1ccc(-n2cncn2)cc1. The molecule has 0 radical (unpaired) electrons. The molecule has 1 aromatic heterocycles. The number of rotatable bonds is 7. The molecular formula is C20H22N4O3. The van der Waals surface area contributed by atoms with Crippen LogP contribution in [-0.4, -0.2) is 46.3 Å². The summed E-state index contributed by atoms with van der Waals surface area (Å²) in [6.07, 6.45) is 3.13. The van der Waals surface area contributed by atoms with E-state index in [-0.39, 0.29) is 18.6 Å². The molecular weight excluding hydrogens is 344 g/mol. The van der Waals surface area contributed by atoms with Crippen molar-refractivity contribution in [3.05, 3.63) is 66.7 Å². The average molecular weight is 366 g/mol. The number of hydrogen-bond donors (Lipinski definition) is 0. The zero-order chi connectivity index (χ0) is 19.2. The molecule has 0 saturated carbocycles. The zero-order valence-corrected chi connectivity index (χ0v) is 15.6. The van der Waals surface area contributed by atoms with Crippen LogP contribution in [0.3, 0.4) is 0 Å². The van der Waals surface area contributed by atoms with Crippen LogP contribution in [0.2, 0.25) is 0 Å². The maximum atomic E-state index is 12.5. The molecule has 1 heterocycles. The van der Waals surface area contributed by atoms with Gasteiger partial charge in [0.2, 0.25) is 0 Å². The molecule has 0 saturated heterocycles. The summed E-state index contributed by atoms with van der Waals surface area (Å²) < 4.78 is 12.6. The van der Waals surface area contributed by atoms with Gasteiger partial charge in [0.05, 0.1) is 18.8 Å². The normalized spacial score (nSPS) is 11.7. The molecule has 0 bridgehead atoms. The predicted molar refractivity (Wildman–Crippen MR) is 101 cm³/mol. The van der Waals surface area contributed by atoms with Gasteiger partial charge in [-0.1, -0.05) is 24.3 Å². The molecule has 0 aliphatic carbocycles. The van der Waals surface area contributed by atoms with E-state index in [1.165, 1.54) is 6.33 Å². The Morgan fingerprint density at radius 2 is 1.85 bits per heavy atom. The molecule has 0 N–H and O–H groups in total. The highest BCUT2D eigenvalue weighted by atomic mass is 16.5. The van der Waals surface area contributed by atoms with Crippen LogP contribution in [0, 0.1) is 0 Å². The number of para-hydroxylation sites is 2. The lowest BCUT2D eigenvalue weighted by atomic mass is 10.1. The highest BCUT2D eigenvalue weighted by molar-refractivity contribution is 5.78. The Labute approximate surface area is 158 Å². The third kappa shape index (κ3) is 4.25. The maximum Gasteiger partial charge on any atom is 0.260 e. The Hall–Kier alpha value is -3.35. The second-order valence-corrected chi connectivity index (χ2v) is 6.05. The lowest BCUT2D eigenvalue weighted by Crippen LogP contribution is -2.33. The first kappa shape index (κ1) is 18.4. The fourth-order valence-electron chi connectivity index (χ4n) is 2.67. The van der Waals surface area contributed by atoms with Gasteiger partial charge in [-0.05, 0) is 36.8 Å². The summed E-state index contributed by atoms with van der Waals surface area (Å²) >= 11 is 0. The number of aromatic nitrogens is 3. The van der Waals surface area contributed by atoms with Gasteiger partial charge in [0.15, 0.2) is 18.1 Å². The molecule has 1 atom stereocenters. The number of nitrogens with zero attached hydrogens (tertiary/aromatic N) is 4. The van der Waals surface area contributed by atoms with Gasteiger partial charge in [-0.15, -0.1) is 0 Å². The van der Waals surface area contributed by atoms with Gasteiger partial charge in [-0.25, -0.2) is 9.67 Å². The van der Waals surface area contributed by atoms with Crippen molar-refractivity contribution < 1.29 is 14.3 Å². The van der Waals surface area contributed by atoms with Crippen LogP contribution >= 0.6 is 0 Å². The van der Waals surface area contributed by atoms with Gasteiger partial charge in [-0.2, -0.15) is 5.10 Å². The molecule has 1 amide bonds. The Morgan fingerprint density at radius 3 is 2.48 bits per heavy atom. The Kier molecular flexibility index (Phi) is 5.71. The molecule has 3 rings (SSSR count). The number of amides is 1. The van der Waals surface area contributed by atoms with E-state index in [1.807, 2.05) is 43.3 Å². The molecule has 0 aliphatic heterocycles. The maximum absolute atomic E-state index is 12.5. The number of methoxy groups -OCH3 is 1. The van der Waals surface area contributed by atoms with E-state index in [0.717, 1.165) is 11.3 Å². The highest BCUT2D eigenvalue weighted by Gasteiger charge is 2.18. The van der Waals surface area contributed by atoms with Crippen molar-refractivity contribution in [3.8, 4) is 17.2 Å². The molecule has 0 spiro atoms. The predicted octanol–water partition coefficient (Wildman–Crippen LogP) is 2.87. The quantitative estimate of drug-likeness (QED) is 0.643. The summed E-state index contributed by atoms with van der Waals surface area (Å²) in [5.41, 5.74) is 1.93. The van der Waals surface area contributed by atoms with Crippen molar-refractivity contribution in [2.24, 2.45) is 0 Å². The topological polar surface area (TPSA) is 69.5 Å². The zero-order valence-electron chi connectivity index (χ0n) is 15.6. The number of carbonyl (C=O) groups is 1. The minimum atomic E-state index is -0.117. The molecule has 7 heteroatoms. The van der Waals surface area contributed by atoms with Crippen LogP contribution in [0.25, 0.3) is 5.69 Å². The number of hydrogen-bond acceptors (Lipinski definition) is 5. The third-order valence-electron chi connectivity index (χ3n) is 4.45. The van der Waals surface area contributed by atoms with Crippen molar-refractivity contribution in [2.75, 3.05) is 20.8 Å². The molecule has 3 aromatic rings. The highest BCUT2D eigenvalue weighted by Crippen LogP contribution is 2.26. The average Bonchev–Trinajstić information content (AvgIpc) is 3.26. The van der Waals surface area contributed by atoms with E-state index in [1.54, 1.807) is 42.2 Å². The van der Waals surface area contributed by atoms with Gasteiger partial charge in [0, 0.05) is 7.05 Å². The largest absolute Gasteiger partial charge is 0.493 e. The second kappa shape index (κ2) is 8.35. The van der Waals surface area contributed by atoms with E-state index in [9.17, 15) is 4.79 Å². The van der Waals surface area contributed by atoms with Crippen molar-refractivity contribution in [1.29, 1.82) is 0 Å². The standard InChI is InChI=1S/C20H22N4O3/c1-15(16-8-10-17(11-9-16)24-14-21-13-22-24)23(2)20(25)12-27-19-7-5-4-6-18(19)26-3/h4-11,13-15H,12H2,1-3H3/t15-/m0/s1. The smallest absolute Gasteiger partial charge is 0.260 e. The van der Waals surface area contributed by atoms with Crippen LogP contribution in [-0.2, 0) is 4.79 Å². The van der Waals surface area contributed by atoms with Crippen LogP contribution < -0.4 is 9.47 Å². The number of benzene rings is 2. The monoisotopic (exact) mass is 366 g/mol. The molecule has 27 heavy (non-hydrogen) atoms. The van der Waals surface area contributed by atoms with Gasteiger partial charge in [0.1, 0.15) is 12.7 Å². The first-order valence-corrected chi connectivity index (χ1v) is 8.56. The summed E-state index contributed by atoms with van der Waals surface area (Å²) in [4.78, 5) is 18.1. The molecule has 0 fully saturated rings. The molecule has 140 valence electrons. The summed E-state index contributed by atoms with van der Waals surface area (Å²) in [6, 6.07) is 15.0. The molecule has 2 aromatic carbocycles. The van der Waals surface area contributed by atoms with Gasteiger partial charge < -0.3 is 14.4 Å². The van der Waals surface area contributed by atoms with Crippen LogP contribution in [0.15, 0.2) is 61.2 Å². The van der Waals surface area contributed by atoms with Crippen molar-refractivity contribution in [2.45, 2.75) is 13.0 Å².